The van der Waals surface area contributed by atoms with Crippen molar-refractivity contribution in [3.05, 3.63) is 35.2 Å². The maximum atomic E-state index is 11.3. The lowest BCUT2D eigenvalue weighted by Crippen LogP contribution is -2.06. The van der Waals surface area contributed by atoms with Crippen molar-refractivity contribution in [2.24, 2.45) is 0 Å². The van der Waals surface area contributed by atoms with Crippen LogP contribution in [-0.4, -0.2) is 17.6 Å². The number of aromatic nitrogens is 1. The van der Waals surface area contributed by atoms with Crippen molar-refractivity contribution < 1.29 is 9.53 Å². The molecule has 0 unspecified atom stereocenters. The predicted molar refractivity (Wildman–Crippen MR) is 59.2 cm³/mol. The molecule has 1 heterocycles. The Hall–Kier alpha value is -2.15. The van der Waals surface area contributed by atoms with Crippen LogP contribution in [0.2, 0.25) is 0 Å². The van der Waals surface area contributed by atoms with Crippen LogP contribution >= 0.6 is 0 Å². The van der Waals surface area contributed by atoms with Crippen LogP contribution in [0.3, 0.4) is 0 Å². The van der Waals surface area contributed by atoms with E-state index in [1.165, 1.54) is 6.08 Å². The van der Waals surface area contributed by atoms with Gasteiger partial charge in [0.2, 0.25) is 0 Å². The lowest BCUT2D eigenvalue weighted by Gasteiger charge is -2.01. The zero-order valence-electron chi connectivity index (χ0n) is 9.23. The second kappa shape index (κ2) is 5.66. The van der Waals surface area contributed by atoms with E-state index in [0.717, 1.165) is 5.56 Å². The first kappa shape index (κ1) is 11.9. The molecule has 4 heteroatoms. The highest BCUT2D eigenvalue weighted by atomic mass is 16.5. The molecule has 0 aromatic carbocycles. The number of esters is 1. The van der Waals surface area contributed by atoms with E-state index in [9.17, 15) is 4.79 Å². The topological polar surface area (TPSA) is 63.0 Å². The van der Waals surface area contributed by atoms with Crippen molar-refractivity contribution in [2.45, 2.75) is 13.8 Å². The fraction of sp³-hybridized carbons (Fsp3) is 0.250. The van der Waals surface area contributed by atoms with Gasteiger partial charge in [0.15, 0.2) is 0 Å². The Labute approximate surface area is 94.2 Å². The number of carbonyl (C=O) groups is 1. The molecule has 16 heavy (non-hydrogen) atoms. The largest absolute Gasteiger partial charge is 0.462 e. The van der Waals surface area contributed by atoms with Crippen molar-refractivity contribution in [1.29, 1.82) is 5.26 Å². The lowest BCUT2D eigenvalue weighted by molar-refractivity contribution is -0.137. The minimum Gasteiger partial charge on any atom is -0.462 e. The molecular weight excluding hydrogens is 204 g/mol. The molecule has 0 saturated heterocycles. The molecule has 0 aliphatic rings. The predicted octanol–water partition coefficient (Wildman–Crippen LogP) is 1.86. The zero-order valence-corrected chi connectivity index (χ0v) is 9.23. The average molecular weight is 216 g/mol. The maximum absolute atomic E-state index is 11.3. The molecular formula is C12H12N2O2. The number of hydrogen-bond donors (Lipinski definition) is 0. The van der Waals surface area contributed by atoms with E-state index >= 15 is 0 Å². The summed E-state index contributed by atoms with van der Waals surface area (Å²) in [6.45, 7) is 3.80. The van der Waals surface area contributed by atoms with Gasteiger partial charge in [-0.3, -0.25) is 4.98 Å². The highest BCUT2D eigenvalue weighted by molar-refractivity contribution is 5.97. The Balaban J connectivity index is 3.02. The Morgan fingerprint density at radius 1 is 1.69 bits per heavy atom. The number of nitriles is 1. The molecule has 0 saturated carbocycles. The molecule has 1 aromatic rings. The van der Waals surface area contributed by atoms with Crippen molar-refractivity contribution in [3.63, 3.8) is 0 Å². The van der Waals surface area contributed by atoms with Crippen LogP contribution in [0.5, 0.6) is 0 Å². The van der Waals surface area contributed by atoms with Crippen molar-refractivity contribution in [1.82, 2.24) is 4.98 Å². The molecule has 1 aromatic heterocycles. The van der Waals surface area contributed by atoms with Gasteiger partial charge in [0.05, 0.1) is 12.3 Å². The number of ether oxygens (including phenoxy) is 1. The number of hydrogen-bond acceptors (Lipinski definition) is 4. The summed E-state index contributed by atoms with van der Waals surface area (Å²) in [4.78, 5) is 15.4. The van der Waals surface area contributed by atoms with Crippen LogP contribution < -0.4 is 0 Å². The zero-order chi connectivity index (χ0) is 12.0. The number of carbonyl (C=O) groups excluding carboxylic acids is 1. The van der Waals surface area contributed by atoms with Gasteiger partial charge in [0.25, 0.3) is 0 Å². The molecule has 0 aliphatic carbocycles. The number of rotatable bonds is 3. The molecule has 0 bridgehead atoms. The highest BCUT2D eigenvalue weighted by Gasteiger charge is 2.10. The fourth-order valence-electron chi connectivity index (χ4n) is 1.13. The third-order valence-corrected chi connectivity index (χ3v) is 1.95. The summed E-state index contributed by atoms with van der Waals surface area (Å²) in [6, 6.07) is 5.46. The monoisotopic (exact) mass is 216 g/mol. The van der Waals surface area contributed by atoms with Gasteiger partial charge < -0.3 is 4.74 Å². The molecule has 0 amide bonds. The summed E-state index contributed by atoms with van der Waals surface area (Å²) in [6.07, 6.45) is 3.05. The van der Waals surface area contributed by atoms with Gasteiger partial charge >= 0.3 is 5.97 Å². The van der Waals surface area contributed by atoms with Crippen molar-refractivity contribution in [3.8, 4) is 6.07 Å². The average Bonchev–Trinajstić information content (AvgIpc) is 2.28. The van der Waals surface area contributed by atoms with Crippen molar-refractivity contribution >= 4 is 12.0 Å². The molecule has 4 nitrogen and oxygen atoms in total. The normalized spacial score (nSPS) is 10.7. The van der Waals surface area contributed by atoms with Crippen LogP contribution in [0.4, 0.5) is 0 Å². The maximum Gasteiger partial charge on any atom is 0.348 e. The number of pyridine rings is 1. The first-order chi connectivity index (χ1) is 7.69. The first-order valence-electron chi connectivity index (χ1n) is 4.89. The van der Waals surface area contributed by atoms with Crippen LogP contribution in [-0.2, 0) is 9.53 Å². The Morgan fingerprint density at radius 2 is 2.44 bits per heavy atom. The van der Waals surface area contributed by atoms with Crippen LogP contribution in [0.25, 0.3) is 6.08 Å². The van der Waals surface area contributed by atoms with Gasteiger partial charge in [-0.25, -0.2) is 4.79 Å². The number of aryl methyl sites for hydroxylation is 1. The first-order valence-corrected chi connectivity index (χ1v) is 4.89. The highest BCUT2D eigenvalue weighted by Crippen LogP contribution is 2.09. The standard InChI is InChI=1S/C12H12N2O2/c1-3-16-12(15)10(8-13)7-11-9(2)5-4-6-14-11/h4-7H,3H2,1-2H3/b10-7+. The van der Waals surface area contributed by atoms with Gasteiger partial charge in [-0.05, 0) is 31.6 Å². The summed E-state index contributed by atoms with van der Waals surface area (Å²) in [5, 5.41) is 8.83. The molecule has 0 fully saturated rings. The molecule has 82 valence electrons. The van der Waals surface area contributed by atoms with E-state index in [1.54, 1.807) is 19.2 Å². The van der Waals surface area contributed by atoms with Crippen LogP contribution in [0, 0.1) is 18.3 Å². The quantitative estimate of drug-likeness (QED) is 0.439. The summed E-state index contributed by atoms with van der Waals surface area (Å²) in [5.41, 5.74) is 1.47. The van der Waals surface area contributed by atoms with Gasteiger partial charge in [-0.15, -0.1) is 0 Å². The molecule has 0 atom stereocenters. The summed E-state index contributed by atoms with van der Waals surface area (Å²) < 4.78 is 4.75. The van der Waals surface area contributed by atoms with Gasteiger partial charge in [-0.1, -0.05) is 6.07 Å². The number of nitrogens with zero attached hydrogens (tertiary/aromatic N) is 2. The van der Waals surface area contributed by atoms with Gasteiger partial charge in [-0.2, -0.15) is 5.26 Å². The molecule has 0 aliphatic heterocycles. The lowest BCUT2D eigenvalue weighted by atomic mass is 10.1. The summed E-state index contributed by atoms with van der Waals surface area (Å²) in [7, 11) is 0. The minimum absolute atomic E-state index is 0.0383. The van der Waals surface area contributed by atoms with Crippen molar-refractivity contribution in [2.75, 3.05) is 6.61 Å². The van der Waals surface area contributed by atoms with Crippen LogP contribution in [0.15, 0.2) is 23.9 Å². The third-order valence-electron chi connectivity index (χ3n) is 1.95. The van der Waals surface area contributed by atoms with E-state index < -0.39 is 5.97 Å². The van der Waals surface area contributed by atoms with Gasteiger partial charge in [0.1, 0.15) is 11.6 Å². The van der Waals surface area contributed by atoms with E-state index in [-0.39, 0.29) is 12.2 Å². The van der Waals surface area contributed by atoms with E-state index in [4.69, 9.17) is 10.00 Å². The fourth-order valence-corrected chi connectivity index (χ4v) is 1.13. The minimum atomic E-state index is -0.616. The van der Waals surface area contributed by atoms with E-state index in [0.29, 0.717) is 5.69 Å². The molecule has 0 radical (unpaired) electrons. The summed E-state index contributed by atoms with van der Waals surface area (Å²) in [5.74, 6) is -0.616. The summed E-state index contributed by atoms with van der Waals surface area (Å²) >= 11 is 0. The van der Waals surface area contributed by atoms with E-state index in [1.807, 2.05) is 19.1 Å². The second-order valence-corrected chi connectivity index (χ2v) is 3.10. The Bertz CT molecular complexity index is 458. The SMILES string of the molecule is CCOC(=O)/C(C#N)=C/c1ncccc1C. The Kier molecular flexibility index (Phi) is 4.22. The molecule has 0 spiro atoms. The van der Waals surface area contributed by atoms with E-state index in [2.05, 4.69) is 4.98 Å². The smallest absolute Gasteiger partial charge is 0.348 e. The molecule has 0 N–H and O–H groups in total. The van der Waals surface area contributed by atoms with Gasteiger partial charge in [0, 0.05) is 6.20 Å². The van der Waals surface area contributed by atoms with Crippen LogP contribution in [0.1, 0.15) is 18.2 Å². The second-order valence-electron chi connectivity index (χ2n) is 3.10. The molecule has 1 rings (SSSR count). The Morgan fingerprint density at radius 3 is 3.00 bits per heavy atom. The third kappa shape index (κ3) is 2.92.